The molecule has 0 amide bonds. The minimum atomic E-state index is -3.00. The highest BCUT2D eigenvalue weighted by Gasteiger charge is 2.19. The molecule has 0 aliphatic carbocycles. The van der Waals surface area contributed by atoms with Gasteiger partial charge in [0.15, 0.2) is 17.2 Å². The van der Waals surface area contributed by atoms with E-state index < -0.39 is 12.6 Å². The third kappa shape index (κ3) is 5.03. The third-order valence-electron chi connectivity index (χ3n) is 5.05. The van der Waals surface area contributed by atoms with Crippen LogP contribution in [0.1, 0.15) is 21.6 Å². The molecule has 4 rings (SSSR count). The van der Waals surface area contributed by atoms with Crippen LogP contribution in [-0.2, 0) is 17.9 Å². The van der Waals surface area contributed by atoms with Gasteiger partial charge in [0.1, 0.15) is 6.61 Å². The van der Waals surface area contributed by atoms with Crippen molar-refractivity contribution in [3.05, 3.63) is 100.0 Å². The second-order valence-corrected chi connectivity index (χ2v) is 7.28. The Balaban J connectivity index is 1.61. The number of hydrogen-bond acceptors (Lipinski definition) is 6. The summed E-state index contributed by atoms with van der Waals surface area (Å²) in [4.78, 5) is 25.9. The summed E-state index contributed by atoms with van der Waals surface area (Å²) in [5.41, 5.74) is 1.02. The first-order valence-corrected chi connectivity index (χ1v) is 10.3. The number of methoxy groups -OCH3 is 1. The molecule has 0 atom stereocenters. The number of ether oxygens (including phenoxy) is 3. The molecule has 0 saturated carbocycles. The summed E-state index contributed by atoms with van der Waals surface area (Å²) in [6, 6.07) is 20.2. The van der Waals surface area contributed by atoms with Gasteiger partial charge in [0, 0.05) is 5.39 Å². The molecule has 0 spiro atoms. The number of hydrogen-bond donors (Lipinski definition) is 0. The lowest BCUT2D eigenvalue weighted by molar-refractivity contribution is -0.0512. The lowest BCUT2D eigenvalue weighted by Crippen LogP contribution is -2.27. The van der Waals surface area contributed by atoms with Gasteiger partial charge >= 0.3 is 12.6 Å². The molecule has 34 heavy (non-hydrogen) atoms. The Morgan fingerprint density at radius 3 is 2.35 bits per heavy atom. The van der Waals surface area contributed by atoms with Crippen molar-refractivity contribution in [2.24, 2.45) is 0 Å². The fourth-order valence-corrected chi connectivity index (χ4v) is 3.46. The average Bonchev–Trinajstić information content (AvgIpc) is 2.85. The molecule has 1 heterocycles. The monoisotopic (exact) mass is 466 g/mol. The van der Waals surface area contributed by atoms with Crippen LogP contribution in [0.4, 0.5) is 8.78 Å². The van der Waals surface area contributed by atoms with Gasteiger partial charge in [-0.3, -0.25) is 4.79 Å². The average molecular weight is 466 g/mol. The van der Waals surface area contributed by atoms with Crippen molar-refractivity contribution in [2.45, 2.75) is 19.8 Å². The molecule has 0 aliphatic heterocycles. The van der Waals surface area contributed by atoms with Crippen molar-refractivity contribution in [1.82, 2.24) is 9.78 Å². The van der Waals surface area contributed by atoms with Crippen molar-refractivity contribution >= 4 is 16.7 Å². The van der Waals surface area contributed by atoms with E-state index in [1.807, 2.05) is 30.3 Å². The van der Waals surface area contributed by atoms with E-state index in [0.29, 0.717) is 16.3 Å². The number of aromatic nitrogens is 2. The maximum absolute atomic E-state index is 13.0. The summed E-state index contributed by atoms with van der Waals surface area (Å²) in [7, 11) is 1.31. The zero-order valence-electron chi connectivity index (χ0n) is 18.1. The van der Waals surface area contributed by atoms with E-state index in [4.69, 9.17) is 9.47 Å². The topological polar surface area (TPSA) is 79.7 Å². The van der Waals surface area contributed by atoms with Gasteiger partial charge in [-0.05, 0) is 29.3 Å². The maximum Gasteiger partial charge on any atom is 0.387 e. The smallest absolute Gasteiger partial charge is 0.387 e. The first-order valence-electron chi connectivity index (χ1n) is 10.3. The fourth-order valence-electron chi connectivity index (χ4n) is 3.46. The summed E-state index contributed by atoms with van der Waals surface area (Å²) >= 11 is 0. The fraction of sp³-hybridized carbons (Fsp3) is 0.160. The zero-order chi connectivity index (χ0) is 24.1. The molecule has 9 heteroatoms. The van der Waals surface area contributed by atoms with Gasteiger partial charge in [0.2, 0.25) is 0 Å². The molecule has 0 unspecified atom stereocenters. The van der Waals surface area contributed by atoms with E-state index in [1.165, 1.54) is 30.0 Å². The highest BCUT2D eigenvalue weighted by atomic mass is 19.3. The van der Waals surface area contributed by atoms with Crippen LogP contribution in [0, 0.1) is 0 Å². The number of esters is 1. The largest absolute Gasteiger partial charge is 0.493 e. The number of benzene rings is 3. The molecule has 0 bridgehead atoms. The summed E-state index contributed by atoms with van der Waals surface area (Å²) in [6.07, 6.45) is 0. The first kappa shape index (κ1) is 22.9. The Bertz CT molecular complexity index is 1370. The van der Waals surface area contributed by atoms with E-state index in [9.17, 15) is 18.4 Å². The van der Waals surface area contributed by atoms with Gasteiger partial charge in [-0.1, -0.05) is 54.6 Å². The summed E-state index contributed by atoms with van der Waals surface area (Å²) in [6.45, 7) is -2.98. The molecule has 0 N–H and O–H groups in total. The van der Waals surface area contributed by atoms with Gasteiger partial charge in [-0.15, -0.1) is 0 Å². The minimum Gasteiger partial charge on any atom is -0.493 e. The van der Waals surface area contributed by atoms with Crippen LogP contribution in [0.5, 0.6) is 11.5 Å². The van der Waals surface area contributed by atoms with E-state index in [-0.39, 0.29) is 35.9 Å². The van der Waals surface area contributed by atoms with Gasteiger partial charge < -0.3 is 14.2 Å². The van der Waals surface area contributed by atoms with Crippen LogP contribution in [0.15, 0.2) is 77.6 Å². The molecule has 3 aromatic carbocycles. The molecule has 0 saturated heterocycles. The third-order valence-corrected chi connectivity index (χ3v) is 5.05. The lowest BCUT2D eigenvalue weighted by atomic mass is 10.1. The summed E-state index contributed by atoms with van der Waals surface area (Å²) in [5, 5.41) is 5.01. The van der Waals surface area contributed by atoms with Crippen LogP contribution in [0.2, 0.25) is 0 Å². The Morgan fingerprint density at radius 2 is 1.65 bits per heavy atom. The number of halogens is 2. The van der Waals surface area contributed by atoms with Crippen LogP contribution in [0.3, 0.4) is 0 Å². The Labute approximate surface area is 193 Å². The van der Waals surface area contributed by atoms with Gasteiger partial charge in [-0.25, -0.2) is 9.48 Å². The first-order chi connectivity index (χ1) is 16.5. The predicted molar refractivity (Wildman–Crippen MR) is 120 cm³/mol. The van der Waals surface area contributed by atoms with Crippen molar-refractivity contribution < 1.29 is 27.8 Å². The minimum absolute atomic E-state index is 0.00394. The van der Waals surface area contributed by atoms with Crippen molar-refractivity contribution in [2.75, 3.05) is 7.11 Å². The van der Waals surface area contributed by atoms with Crippen molar-refractivity contribution in [3.8, 4) is 11.5 Å². The van der Waals surface area contributed by atoms with Crippen LogP contribution in [0.25, 0.3) is 10.8 Å². The maximum atomic E-state index is 13.0. The van der Waals surface area contributed by atoms with Gasteiger partial charge in [0.05, 0.1) is 19.0 Å². The second kappa shape index (κ2) is 10.1. The standard InChI is InChI=1S/C25H20F2N2O5/c1-32-21-13-17(11-12-20(21)34-25(26)27)15-33-24(31)22-18-9-5-6-10-19(18)23(30)29(28-22)14-16-7-3-2-4-8-16/h2-13,25H,14-15H2,1H3. The van der Waals surface area contributed by atoms with Crippen molar-refractivity contribution in [3.63, 3.8) is 0 Å². The van der Waals surface area contributed by atoms with Crippen LogP contribution in [-0.4, -0.2) is 29.5 Å². The van der Waals surface area contributed by atoms with E-state index in [1.54, 1.807) is 24.3 Å². The molecular weight excluding hydrogens is 446 g/mol. The van der Waals surface area contributed by atoms with Crippen molar-refractivity contribution in [1.29, 1.82) is 0 Å². The molecular formula is C25H20F2N2O5. The highest BCUT2D eigenvalue weighted by Crippen LogP contribution is 2.29. The number of rotatable bonds is 8. The Morgan fingerprint density at radius 1 is 0.941 bits per heavy atom. The summed E-state index contributed by atoms with van der Waals surface area (Å²) < 4.78 is 41.2. The number of carbonyl (C=O) groups is 1. The number of alkyl halides is 2. The normalized spacial score (nSPS) is 10.9. The lowest BCUT2D eigenvalue weighted by Gasteiger charge is -2.13. The molecule has 1 aromatic heterocycles. The highest BCUT2D eigenvalue weighted by molar-refractivity contribution is 6.02. The van der Waals surface area contributed by atoms with E-state index in [0.717, 1.165) is 5.56 Å². The number of fused-ring (bicyclic) bond motifs is 1. The molecule has 4 aromatic rings. The van der Waals surface area contributed by atoms with Crippen LogP contribution >= 0.6 is 0 Å². The second-order valence-electron chi connectivity index (χ2n) is 7.28. The quantitative estimate of drug-likeness (QED) is 0.358. The van der Waals surface area contributed by atoms with E-state index >= 15 is 0 Å². The molecule has 0 fully saturated rings. The molecule has 0 radical (unpaired) electrons. The molecule has 7 nitrogen and oxygen atoms in total. The Kier molecular flexibility index (Phi) is 6.82. The van der Waals surface area contributed by atoms with E-state index in [2.05, 4.69) is 9.84 Å². The predicted octanol–water partition coefficient (Wildman–Crippen LogP) is 4.41. The van der Waals surface area contributed by atoms with Gasteiger partial charge in [0.25, 0.3) is 5.56 Å². The molecule has 0 aliphatic rings. The number of carbonyl (C=O) groups excluding carboxylic acids is 1. The SMILES string of the molecule is COc1cc(COC(=O)c2nn(Cc3ccccc3)c(=O)c3ccccc23)ccc1OC(F)F. The Hall–Kier alpha value is -4.27. The van der Waals surface area contributed by atoms with Gasteiger partial charge in [-0.2, -0.15) is 13.9 Å². The molecule has 174 valence electrons. The number of nitrogens with zero attached hydrogens (tertiary/aromatic N) is 2. The zero-order valence-corrected chi connectivity index (χ0v) is 18.1. The summed E-state index contributed by atoms with van der Waals surface area (Å²) in [5.74, 6) is -0.785. The van der Waals surface area contributed by atoms with Crippen LogP contribution < -0.4 is 15.0 Å².